The quantitative estimate of drug-likeness (QED) is 0.827. The first-order chi connectivity index (χ1) is 8.18. The minimum Gasteiger partial charge on any atom is -0.356 e. The van der Waals surface area contributed by atoms with Crippen molar-refractivity contribution in [3.8, 4) is 0 Å². The van der Waals surface area contributed by atoms with Gasteiger partial charge in [0.05, 0.1) is 0 Å². The van der Waals surface area contributed by atoms with E-state index < -0.39 is 5.41 Å². The lowest BCUT2D eigenvalue weighted by Gasteiger charge is -2.37. The fourth-order valence-corrected chi connectivity index (χ4v) is 2.61. The predicted molar refractivity (Wildman–Crippen MR) is 64.2 cm³/mol. The second kappa shape index (κ2) is 4.84. The van der Waals surface area contributed by atoms with Crippen molar-refractivity contribution in [2.45, 2.75) is 18.3 Å². The van der Waals surface area contributed by atoms with Crippen molar-refractivity contribution in [2.75, 3.05) is 20.1 Å². The third-order valence-electron chi connectivity index (χ3n) is 3.39. The maximum absolute atomic E-state index is 13.9. The Morgan fingerprint density at radius 1 is 1.47 bits per heavy atom. The smallest absolute Gasteiger partial charge is 0.220 e. The SMILES string of the molecule is CNCC1(c2ccccc2F)CCNC(=O)C1. The summed E-state index contributed by atoms with van der Waals surface area (Å²) in [7, 11) is 1.83. The molecule has 0 radical (unpaired) electrons. The van der Waals surface area contributed by atoms with Gasteiger partial charge in [-0.3, -0.25) is 4.79 Å². The van der Waals surface area contributed by atoms with Gasteiger partial charge in [-0.25, -0.2) is 4.39 Å². The van der Waals surface area contributed by atoms with Crippen molar-refractivity contribution < 1.29 is 9.18 Å². The molecule has 1 aliphatic heterocycles. The summed E-state index contributed by atoms with van der Waals surface area (Å²) in [6.45, 7) is 1.22. The van der Waals surface area contributed by atoms with Gasteiger partial charge in [0.2, 0.25) is 5.91 Å². The van der Waals surface area contributed by atoms with Crippen LogP contribution in [-0.2, 0) is 10.2 Å². The van der Waals surface area contributed by atoms with E-state index >= 15 is 0 Å². The zero-order valence-electron chi connectivity index (χ0n) is 9.92. The summed E-state index contributed by atoms with van der Waals surface area (Å²) in [6.07, 6.45) is 1.11. The molecular weight excluding hydrogens is 219 g/mol. The van der Waals surface area contributed by atoms with Gasteiger partial charge in [0.1, 0.15) is 5.82 Å². The van der Waals surface area contributed by atoms with Gasteiger partial charge in [0, 0.05) is 24.9 Å². The number of carbonyl (C=O) groups is 1. The van der Waals surface area contributed by atoms with Crippen molar-refractivity contribution in [1.82, 2.24) is 10.6 Å². The number of rotatable bonds is 3. The lowest BCUT2D eigenvalue weighted by molar-refractivity contribution is -0.124. The van der Waals surface area contributed by atoms with Crippen LogP contribution in [0.25, 0.3) is 0 Å². The zero-order chi connectivity index (χ0) is 12.3. The first-order valence-electron chi connectivity index (χ1n) is 5.84. The first-order valence-corrected chi connectivity index (χ1v) is 5.84. The Morgan fingerprint density at radius 3 is 2.88 bits per heavy atom. The Balaban J connectivity index is 2.40. The fraction of sp³-hybridized carbons (Fsp3) is 0.462. The van der Waals surface area contributed by atoms with Crippen LogP contribution in [0.5, 0.6) is 0 Å². The lowest BCUT2D eigenvalue weighted by Crippen LogP contribution is -2.48. The van der Waals surface area contributed by atoms with E-state index in [9.17, 15) is 9.18 Å². The van der Waals surface area contributed by atoms with Gasteiger partial charge in [0.25, 0.3) is 0 Å². The molecule has 17 heavy (non-hydrogen) atoms. The predicted octanol–water partition coefficient (Wildman–Crippen LogP) is 1.19. The second-order valence-corrected chi connectivity index (χ2v) is 4.57. The Labute approximate surface area is 100 Å². The molecule has 0 aliphatic carbocycles. The van der Waals surface area contributed by atoms with Crippen molar-refractivity contribution in [2.24, 2.45) is 0 Å². The molecule has 0 spiro atoms. The van der Waals surface area contributed by atoms with E-state index in [2.05, 4.69) is 10.6 Å². The zero-order valence-corrected chi connectivity index (χ0v) is 9.92. The number of amides is 1. The fourth-order valence-electron chi connectivity index (χ4n) is 2.61. The number of benzene rings is 1. The molecule has 3 nitrogen and oxygen atoms in total. The molecule has 1 fully saturated rings. The van der Waals surface area contributed by atoms with Crippen LogP contribution < -0.4 is 10.6 Å². The van der Waals surface area contributed by atoms with Gasteiger partial charge >= 0.3 is 0 Å². The Bertz CT molecular complexity index is 418. The van der Waals surface area contributed by atoms with E-state index in [0.717, 1.165) is 6.42 Å². The number of hydrogen-bond donors (Lipinski definition) is 2. The molecule has 2 N–H and O–H groups in total. The molecule has 1 aromatic carbocycles. The highest BCUT2D eigenvalue weighted by atomic mass is 19.1. The van der Waals surface area contributed by atoms with Crippen molar-refractivity contribution in [1.29, 1.82) is 0 Å². The molecule has 1 aromatic rings. The highest BCUT2D eigenvalue weighted by Gasteiger charge is 2.38. The van der Waals surface area contributed by atoms with Crippen LogP contribution in [0.2, 0.25) is 0 Å². The summed E-state index contributed by atoms with van der Waals surface area (Å²) in [6, 6.07) is 6.74. The van der Waals surface area contributed by atoms with Gasteiger partial charge in [-0.2, -0.15) is 0 Å². The standard InChI is InChI=1S/C13H17FN2O/c1-15-9-13(6-7-16-12(17)8-13)10-4-2-3-5-11(10)14/h2-5,15H,6-9H2,1H3,(H,16,17). The average Bonchev–Trinajstić information content (AvgIpc) is 2.30. The van der Waals surface area contributed by atoms with Crippen LogP contribution >= 0.6 is 0 Å². The molecule has 1 heterocycles. The number of carbonyl (C=O) groups excluding carboxylic acids is 1. The largest absolute Gasteiger partial charge is 0.356 e. The van der Waals surface area contributed by atoms with Crippen molar-refractivity contribution in [3.05, 3.63) is 35.6 Å². The summed E-state index contributed by atoms with van der Waals surface area (Å²) in [5.74, 6) is -0.229. The number of nitrogens with one attached hydrogen (secondary N) is 2. The summed E-state index contributed by atoms with van der Waals surface area (Å²) in [4.78, 5) is 11.6. The van der Waals surface area contributed by atoms with E-state index in [0.29, 0.717) is 25.1 Å². The van der Waals surface area contributed by atoms with Gasteiger partial charge < -0.3 is 10.6 Å². The van der Waals surface area contributed by atoms with E-state index in [-0.39, 0.29) is 11.7 Å². The van der Waals surface area contributed by atoms with Crippen LogP contribution in [0.15, 0.2) is 24.3 Å². The molecule has 1 unspecified atom stereocenters. The summed E-state index contributed by atoms with van der Waals surface area (Å²) >= 11 is 0. The summed E-state index contributed by atoms with van der Waals surface area (Å²) in [5.41, 5.74) is 0.229. The molecule has 92 valence electrons. The highest BCUT2D eigenvalue weighted by molar-refractivity contribution is 5.78. The number of likely N-dealkylation sites (N-methyl/N-ethyl adjacent to an activating group) is 1. The molecule has 1 amide bonds. The minimum atomic E-state index is -0.414. The monoisotopic (exact) mass is 236 g/mol. The van der Waals surface area contributed by atoms with Gasteiger partial charge in [0.15, 0.2) is 0 Å². The lowest BCUT2D eigenvalue weighted by atomic mass is 9.72. The molecule has 0 bridgehead atoms. The maximum Gasteiger partial charge on any atom is 0.220 e. The third-order valence-corrected chi connectivity index (χ3v) is 3.39. The molecular formula is C13H17FN2O. The molecule has 1 aliphatic rings. The molecule has 4 heteroatoms. The number of piperidine rings is 1. The highest BCUT2D eigenvalue weighted by Crippen LogP contribution is 2.34. The first kappa shape index (κ1) is 12.0. The Morgan fingerprint density at radius 2 is 2.24 bits per heavy atom. The molecule has 0 aromatic heterocycles. The maximum atomic E-state index is 13.9. The van der Waals surface area contributed by atoms with E-state index in [1.165, 1.54) is 6.07 Å². The van der Waals surface area contributed by atoms with Gasteiger partial charge in [-0.1, -0.05) is 18.2 Å². The van der Waals surface area contributed by atoms with Gasteiger partial charge in [-0.05, 0) is 25.1 Å². The normalized spacial score (nSPS) is 24.5. The van der Waals surface area contributed by atoms with Crippen LogP contribution in [-0.4, -0.2) is 26.0 Å². The van der Waals surface area contributed by atoms with Crippen LogP contribution in [0.1, 0.15) is 18.4 Å². The molecule has 2 rings (SSSR count). The average molecular weight is 236 g/mol. The van der Waals surface area contributed by atoms with Crippen LogP contribution in [0, 0.1) is 5.82 Å². The van der Waals surface area contributed by atoms with E-state index in [4.69, 9.17) is 0 Å². The minimum absolute atomic E-state index is 0.00486. The van der Waals surface area contributed by atoms with Crippen LogP contribution in [0.4, 0.5) is 4.39 Å². The summed E-state index contributed by atoms with van der Waals surface area (Å²) < 4.78 is 13.9. The van der Waals surface area contributed by atoms with Crippen molar-refractivity contribution in [3.63, 3.8) is 0 Å². The van der Waals surface area contributed by atoms with E-state index in [1.807, 2.05) is 13.1 Å². The van der Waals surface area contributed by atoms with E-state index in [1.54, 1.807) is 12.1 Å². The summed E-state index contributed by atoms with van der Waals surface area (Å²) in [5, 5.41) is 5.87. The Kier molecular flexibility index (Phi) is 3.43. The van der Waals surface area contributed by atoms with Gasteiger partial charge in [-0.15, -0.1) is 0 Å². The Hall–Kier alpha value is -1.42. The topological polar surface area (TPSA) is 41.1 Å². The molecule has 1 atom stereocenters. The molecule has 0 saturated carbocycles. The third kappa shape index (κ3) is 2.31. The van der Waals surface area contributed by atoms with Crippen LogP contribution in [0.3, 0.4) is 0 Å². The van der Waals surface area contributed by atoms with Crippen molar-refractivity contribution >= 4 is 5.91 Å². The number of hydrogen-bond acceptors (Lipinski definition) is 2. The molecule has 1 saturated heterocycles. The second-order valence-electron chi connectivity index (χ2n) is 4.57. The number of halogens is 1.